The monoisotopic (exact) mass is 487 g/mol. The summed E-state index contributed by atoms with van der Waals surface area (Å²) in [4.78, 5) is 39.2. The van der Waals surface area contributed by atoms with Gasteiger partial charge in [-0.2, -0.15) is 0 Å². The molecule has 3 aromatic rings. The second-order valence-electron chi connectivity index (χ2n) is 8.72. The number of nitrogens with zero attached hydrogens (tertiary/aromatic N) is 2. The van der Waals surface area contributed by atoms with Crippen LogP contribution in [0.15, 0.2) is 48.0 Å². The molecule has 0 atom stereocenters. The summed E-state index contributed by atoms with van der Waals surface area (Å²) in [5.74, 6) is -2.07. The number of aryl methyl sites for hydroxylation is 4. The van der Waals surface area contributed by atoms with Crippen molar-refractivity contribution in [1.82, 2.24) is 9.88 Å². The predicted octanol–water partition coefficient (Wildman–Crippen LogP) is 4.55. The summed E-state index contributed by atoms with van der Waals surface area (Å²) < 4.78 is 1.92. The molecule has 178 valence electrons. The second kappa shape index (κ2) is 8.96. The van der Waals surface area contributed by atoms with Gasteiger partial charge in [-0.05, 0) is 99.4 Å². The van der Waals surface area contributed by atoms with Crippen molar-refractivity contribution < 1.29 is 19.5 Å². The molecule has 0 aliphatic carbocycles. The molecular weight excluding hydrogens is 462 g/mol. The highest BCUT2D eigenvalue weighted by molar-refractivity contribution is 7.80. The van der Waals surface area contributed by atoms with Gasteiger partial charge in [-0.3, -0.25) is 19.8 Å². The predicted molar refractivity (Wildman–Crippen MR) is 139 cm³/mol. The average Bonchev–Trinajstić information content (AvgIpc) is 3.06. The van der Waals surface area contributed by atoms with Gasteiger partial charge in [0.1, 0.15) is 5.57 Å². The molecule has 8 heteroatoms. The molecule has 2 N–H and O–H groups in total. The van der Waals surface area contributed by atoms with Gasteiger partial charge in [-0.25, -0.2) is 4.79 Å². The van der Waals surface area contributed by atoms with Crippen LogP contribution >= 0.6 is 12.2 Å². The van der Waals surface area contributed by atoms with E-state index < -0.39 is 17.8 Å². The van der Waals surface area contributed by atoms with Gasteiger partial charge in [0.25, 0.3) is 11.8 Å². The Labute approximate surface area is 208 Å². The summed E-state index contributed by atoms with van der Waals surface area (Å²) in [6.45, 7) is 9.46. The minimum atomic E-state index is -1.01. The normalized spacial score (nSPS) is 15.1. The number of rotatable bonds is 4. The number of aromatic nitrogens is 1. The van der Waals surface area contributed by atoms with E-state index in [0.717, 1.165) is 33.8 Å². The fraction of sp³-hybridized carbons (Fsp3) is 0.185. The largest absolute Gasteiger partial charge is 0.478 e. The van der Waals surface area contributed by atoms with Crippen LogP contribution in [0, 0.1) is 34.6 Å². The summed E-state index contributed by atoms with van der Waals surface area (Å²) in [7, 11) is 0. The third-order valence-corrected chi connectivity index (χ3v) is 6.46. The van der Waals surface area contributed by atoms with Crippen LogP contribution in [0.4, 0.5) is 5.69 Å². The molecule has 2 amide bonds. The highest BCUT2D eigenvalue weighted by Gasteiger charge is 2.35. The fourth-order valence-corrected chi connectivity index (χ4v) is 4.55. The van der Waals surface area contributed by atoms with Crippen LogP contribution < -0.4 is 10.2 Å². The highest BCUT2D eigenvalue weighted by Crippen LogP contribution is 2.29. The first-order chi connectivity index (χ1) is 16.5. The first-order valence-corrected chi connectivity index (χ1v) is 11.4. The van der Waals surface area contributed by atoms with Gasteiger partial charge in [-0.15, -0.1) is 0 Å². The van der Waals surface area contributed by atoms with Crippen molar-refractivity contribution in [2.45, 2.75) is 34.6 Å². The summed E-state index contributed by atoms with van der Waals surface area (Å²) in [5.41, 5.74) is 6.50. The lowest BCUT2D eigenvalue weighted by molar-refractivity contribution is -0.122. The minimum Gasteiger partial charge on any atom is -0.478 e. The van der Waals surface area contributed by atoms with Crippen molar-refractivity contribution in [3.63, 3.8) is 0 Å². The van der Waals surface area contributed by atoms with Crippen LogP contribution in [0.3, 0.4) is 0 Å². The standard InChI is InChI=1S/C27H25N3O4S/c1-14-6-7-15(2)22(10-14)30-25(32)21(24(31)28-27(30)35)12-20-11-17(4)29(18(20)5)23-13-19(26(33)34)9-8-16(23)3/h6-13H,1-5H3,(H,33,34)(H,28,31,35)/b21-12+. The maximum Gasteiger partial charge on any atom is 0.335 e. The first-order valence-electron chi connectivity index (χ1n) is 11.0. The van der Waals surface area contributed by atoms with E-state index in [4.69, 9.17) is 12.2 Å². The molecule has 7 nitrogen and oxygen atoms in total. The molecule has 1 aromatic heterocycles. The first kappa shape index (κ1) is 24.1. The number of thiocarbonyl (C=S) groups is 1. The molecule has 1 aliphatic heterocycles. The van der Waals surface area contributed by atoms with Gasteiger partial charge in [0, 0.05) is 17.1 Å². The van der Waals surface area contributed by atoms with Crippen molar-refractivity contribution >= 4 is 46.9 Å². The Morgan fingerprint density at radius 3 is 2.29 bits per heavy atom. The number of carboxylic acids is 1. The SMILES string of the molecule is Cc1ccc(C)c(N2C(=O)/C(=C/c3cc(C)n(-c4cc(C(=O)O)ccc4C)c3C)C(=O)NC2=S)c1. The van der Waals surface area contributed by atoms with Gasteiger partial charge in [0.05, 0.1) is 11.3 Å². The van der Waals surface area contributed by atoms with Crippen molar-refractivity contribution in [1.29, 1.82) is 0 Å². The topological polar surface area (TPSA) is 91.6 Å². The lowest BCUT2D eigenvalue weighted by Crippen LogP contribution is -2.54. The van der Waals surface area contributed by atoms with Crippen molar-refractivity contribution in [3.05, 3.63) is 87.2 Å². The van der Waals surface area contributed by atoms with E-state index in [1.54, 1.807) is 24.3 Å². The minimum absolute atomic E-state index is 0.0317. The van der Waals surface area contributed by atoms with E-state index in [0.29, 0.717) is 11.3 Å². The maximum absolute atomic E-state index is 13.5. The number of hydrogen-bond donors (Lipinski definition) is 2. The number of carboxylic acid groups (broad SMARTS) is 1. The van der Waals surface area contributed by atoms with Gasteiger partial charge in [0.2, 0.25) is 0 Å². The molecular formula is C27H25N3O4S. The Morgan fingerprint density at radius 2 is 1.60 bits per heavy atom. The lowest BCUT2D eigenvalue weighted by atomic mass is 10.0. The number of anilines is 1. The van der Waals surface area contributed by atoms with Crippen LogP contribution in [0.2, 0.25) is 0 Å². The number of carbonyl (C=O) groups excluding carboxylic acids is 2. The third kappa shape index (κ3) is 4.28. The van der Waals surface area contributed by atoms with Crippen molar-refractivity contribution in [2.75, 3.05) is 4.90 Å². The molecule has 1 saturated heterocycles. The number of carbonyl (C=O) groups is 3. The molecule has 1 fully saturated rings. The molecule has 35 heavy (non-hydrogen) atoms. The number of amides is 2. The molecule has 4 rings (SSSR count). The molecule has 0 radical (unpaired) electrons. The van der Waals surface area contributed by atoms with Gasteiger partial charge >= 0.3 is 5.97 Å². The maximum atomic E-state index is 13.5. The number of nitrogens with one attached hydrogen (secondary N) is 1. The van der Waals surface area contributed by atoms with Gasteiger partial charge in [0.15, 0.2) is 5.11 Å². The summed E-state index contributed by atoms with van der Waals surface area (Å²) in [6, 6.07) is 12.5. The van der Waals surface area contributed by atoms with Crippen molar-refractivity contribution in [3.8, 4) is 5.69 Å². The Hall–Kier alpha value is -4.04. The van der Waals surface area contributed by atoms with E-state index >= 15 is 0 Å². The fourth-order valence-electron chi connectivity index (χ4n) is 4.28. The molecule has 2 aromatic carbocycles. The third-order valence-electron chi connectivity index (χ3n) is 6.17. The molecule has 1 aliphatic rings. The molecule has 0 saturated carbocycles. The molecule has 2 heterocycles. The van der Waals surface area contributed by atoms with Gasteiger partial charge < -0.3 is 9.67 Å². The molecule has 0 unspecified atom stereocenters. The second-order valence-corrected chi connectivity index (χ2v) is 9.10. The summed E-state index contributed by atoms with van der Waals surface area (Å²) in [5, 5.41) is 12.1. The van der Waals surface area contributed by atoms with Gasteiger partial charge in [-0.1, -0.05) is 18.2 Å². The Morgan fingerprint density at radius 1 is 0.943 bits per heavy atom. The highest BCUT2D eigenvalue weighted by atomic mass is 32.1. The number of benzene rings is 2. The van der Waals surface area contributed by atoms with Crippen LogP contribution in [0.5, 0.6) is 0 Å². The van der Waals surface area contributed by atoms with E-state index in [9.17, 15) is 19.5 Å². The van der Waals surface area contributed by atoms with Crippen molar-refractivity contribution in [2.24, 2.45) is 0 Å². The number of hydrogen-bond acceptors (Lipinski definition) is 4. The van der Waals surface area contributed by atoms with E-state index in [-0.39, 0.29) is 16.2 Å². The quantitative estimate of drug-likeness (QED) is 0.320. The lowest BCUT2D eigenvalue weighted by Gasteiger charge is -2.30. The van der Waals surface area contributed by atoms with E-state index in [1.165, 1.54) is 4.90 Å². The zero-order valence-electron chi connectivity index (χ0n) is 20.1. The smallest absolute Gasteiger partial charge is 0.335 e. The van der Waals surface area contributed by atoms with Crippen LogP contribution in [0.25, 0.3) is 11.8 Å². The summed E-state index contributed by atoms with van der Waals surface area (Å²) in [6.07, 6.45) is 1.56. The molecule has 0 bridgehead atoms. The molecule has 0 spiro atoms. The zero-order chi connectivity index (χ0) is 25.6. The Kier molecular flexibility index (Phi) is 6.17. The zero-order valence-corrected chi connectivity index (χ0v) is 20.9. The van der Waals surface area contributed by atoms with Crippen LogP contribution in [-0.4, -0.2) is 32.6 Å². The van der Waals surface area contributed by atoms with E-state index in [1.807, 2.05) is 63.5 Å². The Balaban J connectivity index is 1.81. The Bertz CT molecular complexity index is 1470. The van der Waals surface area contributed by atoms with Crippen LogP contribution in [-0.2, 0) is 9.59 Å². The average molecular weight is 488 g/mol. The summed E-state index contributed by atoms with van der Waals surface area (Å²) >= 11 is 5.34. The van der Waals surface area contributed by atoms with Crippen LogP contribution in [0.1, 0.15) is 44.0 Å². The van der Waals surface area contributed by atoms with E-state index in [2.05, 4.69) is 5.32 Å². The number of aromatic carboxylic acids is 1.